The van der Waals surface area contributed by atoms with Crippen molar-refractivity contribution >= 4 is 21.7 Å². The molecule has 0 radical (unpaired) electrons. The molecule has 1 rings (SSSR count). The first-order valence-corrected chi connectivity index (χ1v) is 10.2. The van der Waals surface area contributed by atoms with Crippen LogP contribution in [0, 0.1) is 0 Å². The monoisotopic (exact) mass is 385 g/mol. The van der Waals surface area contributed by atoms with Gasteiger partial charge in [0.05, 0.1) is 10.5 Å². The van der Waals surface area contributed by atoms with Crippen LogP contribution in [0.3, 0.4) is 0 Å². The highest BCUT2D eigenvalue weighted by molar-refractivity contribution is 7.90. The number of hydrogen-bond acceptors (Lipinski definition) is 5. The summed E-state index contributed by atoms with van der Waals surface area (Å²) in [5.74, 6) is -1.81. The fourth-order valence-corrected chi connectivity index (χ4v) is 3.34. The van der Waals surface area contributed by atoms with E-state index in [4.69, 9.17) is 4.74 Å². The van der Waals surface area contributed by atoms with Crippen LogP contribution in [0.2, 0.25) is 0 Å². The van der Waals surface area contributed by atoms with Crippen LogP contribution in [-0.2, 0) is 25.8 Å². The van der Waals surface area contributed by atoms with Crippen molar-refractivity contribution in [2.75, 3.05) is 12.9 Å². The van der Waals surface area contributed by atoms with Gasteiger partial charge in [0.2, 0.25) is 0 Å². The molecule has 1 atom stereocenters. The Labute approximate surface area is 154 Å². The molecule has 0 fully saturated rings. The van der Waals surface area contributed by atoms with E-state index in [0.717, 1.165) is 6.26 Å². The molecule has 0 aromatic heterocycles. The Morgan fingerprint density at radius 3 is 2.35 bits per heavy atom. The van der Waals surface area contributed by atoms with Crippen LogP contribution in [0.4, 0.5) is 0 Å². The minimum absolute atomic E-state index is 0.0793. The number of ether oxygens (including phenoxy) is 1. The van der Waals surface area contributed by atoms with Gasteiger partial charge in [0.1, 0.15) is 6.04 Å². The summed E-state index contributed by atoms with van der Waals surface area (Å²) in [4.78, 5) is 23.8. The zero-order valence-corrected chi connectivity index (χ0v) is 16.6. The van der Waals surface area contributed by atoms with Crippen LogP contribution in [-0.4, -0.2) is 49.9 Å². The molecule has 0 aliphatic carbocycles. The summed E-state index contributed by atoms with van der Waals surface area (Å²) in [7, 11) is -3.49. The van der Waals surface area contributed by atoms with E-state index < -0.39 is 33.4 Å². The number of nitrogens with one attached hydrogen (secondary N) is 1. The summed E-state index contributed by atoms with van der Waals surface area (Å²) < 4.78 is 29.3. The van der Waals surface area contributed by atoms with E-state index in [1.54, 1.807) is 6.07 Å². The molecule has 7 nitrogen and oxygen atoms in total. The average molecular weight is 385 g/mol. The number of aliphatic carboxylic acids is 1. The highest BCUT2D eigenvalue weighted by Gasteiger charge is 2.23. The standard InChI is InChI=1S/C18H27NO6S/c1-6-12-7-8-13(11-15(12)26(5,23)24)16(20)19-14(17(21)22)9-10-25-18(2,3)4/h7-8,11,14H,6,9-10H2,1-5H3,(H,19,20)(H,21,22). The highest BCUT2D eigenvalue weighted by Crippen LogP contribution is 2.19. The zero-order chi connectivity index (χ0) is 20.1. The molecule has 0 heterocycles. The van der Waals surface area contributed by atoms with E-state index in [9.17, 15) is 23.1 Å². The molecule has 26 heavy (non-hydrogen) atoms. The summed E-state index contributed by atoms with van der Waals surface area (Å²) in [6.07, 6.45) is 1.68. The first-order valence-electron chi connectivity index (χ1n) is 8.35. The number of aryl methyl sites for hydroxylation is 1. The van der Waals surface area contributed by atoms with Gasteiger partial charge in [0.25, 0.3) is 5.91 Å². The summed E-state index contributed by atoms with van der Waals surface area (Å²) >= 11 is 0. The summed E-state index contributed by atoms with van der Waals surface area (Å²) in [5.41, 5.74) is 0.302. The van der Waals surface area contributed by atoms with Crippen molar-refractivity contribution in [2.45, 2.75) is 57.1 Å². The van der Waals surface area contributed by atoms with E-state index in [0.29, 0.717) is 12.0 Å². The lowest BCUT2D eigenvalue weighted by molar-refractivity contribution is -0.140. The van der Waals surface area contributed by atoms with Crippen LogP contribution in [0.15, 0.2) is 23.1 Å². The lowest BCUT2D eigenvalue weighted by Crippen LogP contribution is -2.42. The summed E-state index contributed by atoms with van der Waals surface area (Å²) in [6, 6.07) is 3.23. The maximum atomic E-state index is 12.4. The van der Waals surface area contributed by atoms with Crippen LogP contribution in [0.1, 0.15) is 50.0 Å². The van der Waals surface area contributed by atoms with E-state index in [2.05, 4.69) is 5.32 Å². The van der Waals surface area contributed by atoms with Crippen molar-refractivity contribution in [3.05, 3.63) is 29.3 Å². The van der Waals surface area contributed by atoms with E-state index in [1.807, 2.05) is 27.7 Å². The Morgan fingerprint density at radius 2 is 1.88 bits per heavy atom. The van der Waals surface area contributed by atoms with Gasteiger partial charge in [-0.25, -0.2) is 13.2 Å². The Hall–Kier alpha value is -1.93. The van der Waals surface area contributed by atoms with Crippen LogP contribution in [0.25, 0.3) is 0 Å². The molecule has 1 unspecified atom stereocenters. The fraction of sp³-hybridized carbons (Fsp3) is 0.556. The predicted octanol–water partition coefficient (Wildman–Crippen LogP) is 2.04. The third kappa shape index (κ3) is 6.76. The van der Waals surface area contributed by atoms with E-state index >= 15 is 0 Å². The van der Waals surface area contributed by atoms with E-state index in [-0.39, 0.29) is 23.5 Å². The quantitative estimate of drug-likeness (QED) is 0.709. The molecule has 0 spiro atoms. The molecule has 0 saturated heterocycles. The third-order valence-corrected chi connectivity index (χ3v) is 4.83. The number of hydrogen-bond donors (Lipinski definition) is 2. The first-order chi connectivity index (χ1) is 11.8. The number of rotatable bonds is 8. The van der Waals surface area contributed by atoms with Gasteiger partial charge < -0.3 is 15.2 Å². The average Bonchev–Trinajstić information content (AvgIpc) is 2.51. The van der Waals surface area contributed by atoms with Gasteiger partial charge in [-0.3, -0.25) is 4.79 Å². The van der Waals surface area contributed by atoms with Crippen molar-refractivity contribution in [2.24, 2.45) is 0 Å². The topological polar surface area (TPSA) is 110 Å². The molecule has 2 N–H and O–H groups in total. The highest BCUT2D eigenvalue weighted by atomic mass is 32.2. The second-order valence-electron chi connectivity index (χ2n) is 7.06. The lowest BCUT2D eigenvalue weighted by Gasteiger charge is -2.21. The Balaban J connectivity index is 2.95. The number of sulfone groups is 1. The van der Waals surface area contributed by atoms with E-state index in [1.165, 1.54) is 12.1 Å². The minimum atomic E-state index is -3.49. The fourth-order valence-electron chi connectivity index (χ4n) is 2.31. The molecule has 0 aliphatic heterocycles. The number of carboxylic acid groups (broad SMARTS) is 1. The lowest BCUT2D eigenvalue weighted by atomic mass is 10.1. The first kappa shape index (κ1) is 22.1. The third-order valence-electron chi connectivity index (χ3n) is 3.65. The SMILES string of the molecule is CCc1ccc(C(=O)NC(CCOC(C)(C)C)C(=O)O)cc1S(C)(=O)=O. The second kappa shape index (κ2) is 8.64. The van der Waals surface area contributed by atoms with Crippen molar-refractivity contribution < 1.29 is 27.9 Å². The van der Waals surface area contributed by atoms with Crippen molar-refractivity contribution in [1.82, 2.24) is 5.32 Å². The van der Waals surface area contributed by atoms with Gasteiger partial charge in [-0.05, 0) is 44.9 Å². The van der Waals surface area contributed by atoms with Gasteiger partial charge in [0, 0.05) is 24.8 Å². The maximum absolute atomic E-state index is 12.4. The Bertz CT molecular complexity index is 764. The van der Waals surface area contributed by atoms with Gasteiger partial charge in [-0.15, -0.1) is 0 Å². The molecule has 0 saturated carbocycles. The molecular formula is C18H27NO6S. The van der Waals surface area contributed by atoms with Gasteiger partial charge >= 0.3 is 5.97 Å². The number of carbonyl (C=O) groups is 2. The van der Waals surface area contributed by atoms with Crippen LogP contribution >= 0.6 is 0 Å². The summed E-state index contributed by atoms with van der Waals surface area (Å²) in [6.45, 7) is 7.54. The molecular weight excluding hydrogens is 358 g/mol. The molecule has 1 amide bonds. The van der Waals surface area contributed by atoms with Crippen LogP contribution in [0.5, 0.6) is 0 Å². The molecule has 0 bridgehead atoms. The van der Waals surface area contributed by atoms with Crippen molar-refractivity contribution in [3.8, 4) is 0 Å². The molecule has 8 heteroatoms. The number of carboxylic acids is 1. The molecule has 0 aliphatic rings. The molecule has 1 aromatic rings. The van der Waals surface area contributed by atoms with Gasteiger partial charge in [-0.2, -0.15) is 0 Å². The number of carbonyl (C=O) groups excluding carboxylic acids is 1. The smallest absolute Gasteiger partial charge is 0.326 e. The van der Waals surface area contributed by atoms with Crippen molar-refractivity contribution in [3.63, 3.8) is 0 Å². The number of benzene rings is 1. The number of amides is 1. The Morgan fingerprint density at radius 1 is 1.27 bits per heavy atom. The molecule has 146 valence electrons. The van der Waals surface area contributed by atoms with Crippen LogP contribution < -0.4 is 5.32 Å². The van der Waals surface area contributed by atoms with Gasteiger partial charge in [0.15, 0.2) is 9.84 Å². The minimum Gasteiger partial charge on any atom is -0.480 e. The maximum Gasteiger partial charge on any atom is 0.326 e. The van der Waals surface area contributed by atoms with Gasteiger partial charge in [-0.1, -0.05) is 13.0 Å². The predicted molar refractivity (Wildman–Crippen MR) is 98.1 cm³/mol. The summed E-state index contributed by atoms with van der Waals surface area (Å²) in [5, 5.41) is 11.7. The second-order valence-corrected chi connectivity index (χ2v) is 9.05. The Kier molecular flexibility index (Phi) is 7.35. The molecule has 1 aromatic carbocycles. The zero-order valence-electron chi connectivity index (χ0n) is 15.8. The largest absolute Gasteiger partial charge is 0.480 e. The normalized spacial score (nSPS) is 13.3. The van der Waals surface area contributed by atoms with Crippen molar-refractivity contribution in [1.29, 1.82) is 0 Å².